The largest absolute Gasteiger partial charge is 0.452 e. The van der Waals surface area contributed by atoms with E-state index in [2.05, 4.69) is 11.9 Å². The minimum atomic E-state index is -4.05. The Bertz CT molecular complexity index is 1360. The number of sulfonamides is 1. The number of nitrogens with one attached hydrogen (secondary N) is 1. The van der Waals surface area contributed by atoms with Gasteiger partial charge in [-0.05, 0) is 67.1 Å². The monoisotopic (exact) mass is 532 g/mol. The number of rotatable bonds is 9. The minimum absolute atomic E-state index is 0.00172. The van der Waals surface area contributed by atoms with Crippen molar-refractivity contribution in [2.24, 2.45) is 0 Å². The molecule has 0 saturated heterocycles. The molecule has 3 rings (SSSR count). The number of amides is 1. The molecule has 3 aromatic rings. The molecule has 0 atom stereocenters. The van der Waals surface area contributed by atoms with Gasteiger partial charge in [0.1, 0.15) is 0 Å². The van der Waals surface area contributed by atoms with E-state index in [0.29, 0.717) is 27.0 Å². The highest BCUT2D eigenvalue weighted by Gasteiger charge is 2.25. The molecule has 0 unspecified atom stereocenters. The van der Waals surface area contributed by atoms with Crippen LogP contribution in [-0.4, -0.2) is 33.4 Å². The number of carbonyl (C=O) groups is 2. The summed E-state index contributed by atoms with van der Waals surface area (Å²) in [5, 5.41) is 3.57. The van der Waals surface area contributed by atoms with Crippen LogP contribution in [0.25, 0.3) is 0 Å². The molecule has 0 fully saturated rings. The first kappa shape index (κ1) is 26.3. The number of nitrogens with zero attached hydrogens (tertiary/aromatic N) is 1. The zero-order valence-electron chi connectivity index (χ0n) is 18.7. The summed E-state index contributed by atoms with van der Waals surface area (Å²) in [5.74, 6) is -1.41. The first-order chi connectivity index (χ1) is 16.6. The van der Waals surface area contributed by atoms with Gasteiger partial charge in [-0.15, -0.1) is 6.58 Å². The van der Waals surface area contributed by atoms with Crippen LogP contribution in [-0.2, 0) is 19.6 Å². The van der Waals surface area contributed by atoms with Crippen molar-refractivity contribution < 1.29 is 22.7 Å². The van der Waals surface area contributed by atoms with Crippen LogP contribution in [0.3, 0.4) is 0 Å². The topological polar surface area (TPSA) is 92.8 Å². The Hall–Kier alpha value is -3.33. The number of hydrogen-bond acceptors (Lipinski definition) is 5. The highest BCUT2D eigenvalue weighted by molar-refractivity contribution is 7.92. The van der Waals surface area contributed by atoms with Gasteiger partial charge in [-0.2, -0.15) is 0 Å². The first-order valence-corrected chi connectivity index (χ1v) is 12.5. The maximum Gasteiger partial charge on any atom is 0.338 e. The number of halogens is 2. The molecule has 0 heterocycles. The Labute approximate surface area is 214 Å². The molecule has 0 bridgehead atoms. The van der Waals surface area contributed by atoms with Crippen molar-refractivity contribution in [2.45, 2.75) is 11.8 Å². The molecule has 0 aromatic heterocycles. The summed E-state index contributed by atoms with van der Waals surface area (Å²) >= 11 is 12.0. The first-order valence-electron chi connectivity index (χ1n) is 10.3. The van der Waals surface area contributed by atoms with E-state index in [4.69, 9.17) is 27.9 Å². The molecule has 182 valence electrons. The number of benzene rings is 3. The Kier molecular flexibility index (Phi) is 8.56. The second-order valence-corrected chi connectivity index (χ2v) is 10.1. The molecule has 0 aliphatic carbocycles. The van der Waals surface area contributed by atoms with Crippen molar-refractivity contribution in [1.29, 1.82) is 0 Å². The normalized spacial score (nSPS) is 10.9. The molecule has 3 aromatic carbocycles. The SMILES string of the molecule is C=CCN(c1ccc(Cl)cc1)S(=O)(=O)c1cccc(C(=O)OCC(=O)Nc2cccc(Cl)c2C)c1. The number of carbonyl (C=O) groups excluding carboxylic acids is 2. The summed E-state index contributed by atoms with van der Waals surface area (Å²) in [6, 6.07) is 16.7. The van der Waals surface area contributed by atoms with Crippen molar-refractivity contribution in [1.82, 2.24) is 0 Å². The lowest BCUT2D eigenvalue weighted by Gasteiger charge is -2.23. The van der Waals surface area contributed by atoms with Crippen LogP contribution >= 0.6 is 23.2 Å². The fraction of sp³-hybridized carbons (Fsp3) is 0.120. The Morgan fingerprint density at radius 3 is 2.43 bits per heavy atom. The zero-order valence-corrected chi connectivity index (χ0v) is 21.0. The van der Waals surface area contributed by atoms with Crippen LogP contribution in [0.2, 0.25) is 10.0 Å². The van der Waals surface area contributed by atoms with Gasteiger partial charge in [0.2, 0.25) is 0 Å². The minimum Gasteiger partial charge on any atom is -0.452 e. The maximum atomic E-state index is 13.3. The summed E-state index contributed by atoms with van der Waals surface area (Å²) in [6.07, 6.45) is 1.45. The number of ether oxygens (including phenoxy) is 1. The summed E-state index contributed by atoms with van der Waals surface area (Å²) in [5.41, 5.74) is 1.54. The summed E-state index contributed by atoms with van der Waals surface area (Å²) in [6.45, 7) is 4.81. The molecule has 1 N–H and O–H groups in total. The fourth-order valence-electron chi connectivity index (χ4n) is 3.12. The summed E-state index contributed by atoms with van der Waals surface area (Å²) in [4.78, 5) is 24.6. The highest BCUT2D eigenvalue weighted by Crippen LogP contribution is 2.26. The van der Waals surface area contributed by atoms with E-state index in [9.17, 15) is 18.0 Å². The quantitative estimate of drug-likeness (QED) is 0.291. The van der Waals surface area contributed by atoms with E-state index in [0.717, 1.165) is 4.31 Å². The third-order valence-corrected chi connectivity index (χ3v) is 7.39. The molecule has 0 aliphatic rings. The maximum absolute atomic E-state index is 13.3. The van der Waals surface area contributed by atoms with Crippen molar-refractivity contribution in [3.63, 3.8) is 0 Å². The van der Waals surface area contributed by atoms with E-state index in [1.165, 1.54) is 30.3 Å². The molecule has 1 amide bonds. The van der Waals surface area contributed by atoms with E-state index >= 15 is 0 Å². The predicted octanol–water partition coefficient (Wildman–Crippen LogP) is 5.48. The lowest BCUT2D eigenvalue weighted by molar-refractivity contribution is -0.119. The van der Waals surface area contributed by atoms with Crippen LogP contribution in [0.5, 0.6) is 0 Å². The van der Waals surface area contributed by atoms with Gasteiger partial charge < -0.3 is 10.1 Å². The van der Waals surface area contributed by atoms with Crippen molar-refractivity contribution in [3.8, 4) is 0 Å². The molecule has 0 aliphatic heterocycles. The van der Waals surface area contributed by atoms with Gasteiger partial charge in [0.05, 0.1) is 22.7 Å². The van der Waals surface area contributed by atoms with Gasteiger partial charge in [0.15, 0.2) is 6.61 Å². The predicted molar refractivity (Wildman–Crippen MR) is 138 cm³/mol. The molecule has 35 heavy (non-hydrogen) atoms. The number of esters is 1. The van der Waals surface area contributed by atoms with Crippen LogP contribution in [0.4, 0.5) is 11.4 Å². The van der Waals surface area contributed by atoms with E-state index in [1.54, 1.807) is 49.4 Å². The van der Waals surface area contributed by atoms with E-state index in [-0.39, 0.29) is 17.0 Å². The third kappa shape index (κ3) is 6.42. The highest BCUT2D eigenvalue weighted by atomic mass is 35.5. The van der Waals surface area contributed by atoms with Crippen LogP contribution in [0, 0.1) is 6.92 Å². The Morgan fingerprint density at radius 2 is 1.74 bits per heavy atom. The van der Waals surface area contributed by atoms with Gasteiger partial charge in [-0.1, -0.05) is 41.4 Å². The standard InChI is InChI=1S/C25H22Cl2N2O5S/c1-3-14-29(20-12-10-19(26)11-13-20)35(32,33)21-7-4-6-18(15-21)25(31)34-16-24(30)28-23-9-5-8-22(27)17(23)2/h3-13,15H,1,14,16H2,2H3,(H,28,30). The van der Waals surface area contributed by atoms with Crippen molar-refractivity contribution in [3.05, 3.63) is 101 Å². The van der Waals surface area contributed by atoms with Gasteiger partial charge >= 0.3 is 5.97 Å². The number of anilines is 2. The number of hydrogen-bond donors (Lipinski definition) is 1. The zero-order chi connectivity index (χ0) is 25.6. The fourth-order valence-corrected chi connectivity index (χ4v) is 4.90. The van der Waals surface area contributed by atoms with Crippen molar-refractivity contribution in [2.75, 3.05) is 22.8 Å². The molecular weight excluding hydrogens is 511 g/mol. The molecule has 10 heteroatoms. The average molecular weight is 533 g/mol. The average Bonchev–Trinajstić information content (AvgIpc) is 2.84. The molecular formula is C25H22Cl2N2O5S. The lowest BCUT2D eigenvalue weighted by Crippen LogP contribution is -2.31. The van der Waals surface area contributed by atoms with Crippen molar-refractivity contribution >= 4 is 56.5 Å². The van der Waals surface area contributed by atoms with E-state index in [1.807, 2.05) is 0 Å². The summed E-state index contributed by atoms with van der Waals surface area (Å²) < 4.78 is 32.9. The molecule has 0 saturated carbocycles. The van der Waals surface area contributed by atoms with Gasteiger partial charge in [0.25, 0.3) is 15.9 Å². The molecule has 0 radical (unpaired) electrons. The van der Waals surface area contributed by atoms with E-state index < -0.39 is 28.5 Å². The Balaban J connectivity index is 1.75. The van der Waals surface area contributed by atoms with Gasteiger partial charge in [-0.25, -0.2) is 13.2 Å². The van der Waals surface area contributed by atoms with Crippen LogP contribution < -0.4 is 9.62 Å². The second kappa shape index (κ2) is 11.4. The lowest BCUT2D eigenvalue weighted by atomic mass is 10.2. The summed E-state index contributed by atoms with van der Waals surface area (Å²) in [7, 11) is -4.05. The van der Waals surface area contributed by atoms with Gasteiger partial charge in [-0.3, -0.25) is 9.10 Å². The van der Waals surface area contributed by atoms with Crippen LogP contribution in [0.15, 0.2) is 84.3 Å². The smallest absolute Gasteiger partial charge is 0.338 e. The Morgan fingerprint density at radius 1 is 1.06 bits per heavy atom. The van der Waals surface area contributed by atoms with Crippen LogP contribution in [0.1, 0.15) is 15.9 Å². The van der Waals surface area contributed by atoms with Gasteiger partial charge in [0, 0.05) is 15.7 Å². The molecule has 7 nitrogen and oxygen atoms in total. The second-order valence-electron chi connectivity index (χ2n) is 7.37. The third-order valence-electron chi connectivity index (χ3n) is 4.94. The molecule has 0 spiro atoms.